The van der Waals surface area contributed by atoms with Crippen LogP contribution in [0.5, 0.6) is 0 Å². The van der Waals surface area contributed by atoms with E-state index < -0.39 is 5.41 Å². The molecule has 0 aliphatic carbocycles. The van der Waals surface area contributed by atoms with Gasteiger partial charge in [-0.2, -0.15) is 10.5 Å². The van der Waals surface area contributed by atoms with Crippen molar-refractivity contribution >= 4 is 0 Å². The third-order valence-electron chi connectivity index (χ3n) is 4.54. The number of piperidine rings is 1. The Hall–Kier alpha value is -1.84. The molecular weight excluding hydrogens is 234 g/mol. The lowest BCUT2D eigenvalue weighted by Crippen LogP contribution is -2.48. The van der Waals surface area contributed by atoms with Gasteiger partial charge in [0.1, 0.15) is 0 Å². The van der Waals surface area contributed by atoms with Gasteiger partial charge in [-0.25, -0.2) is 0 Å². The van der Waals surface area contributed by atoms with Gasteiger partial charge < -0.3 is 0 Å². The van der Waals surface area contributed by atoms with Gasteiger partial charge >= 0.3 is 0 Å². The van der Waals surface area contributed by atoms with Gasteiger partial charge in [0.25, 0.3) is 0 Å². The van der Waals surface area contributed by atoms with E-state index in [1.807, 2.05) is 12.1 Å². The maximum absolute atomic E-state index is 9.63. The molecule has 3 rings (SSSR count). The second-order valence-corrected chi connectivity index (χ2v) is 5.62. The molecule has 0 N–H and O–H groups in total. The van der Waals surface area contributed by atoms with Crippen LogP contribution in [0.15, 0.2) is 24.3 Å². The van der Waals surface area contributed by atoms with Crippen molar-refractivity contribution in [2.45, 2.75) is 38.3 Å². The second-order valence-electron chi connectivity index (χ2n) is 5.62. The van der Waals surface area contributed by atoms with E-state index in [0.29, 0.717) is 6.42 Å². The third kappa shape index (κ3) is 1.91. The first-order chi connectivity index (χ1) is 9.29. The Kier molecular flexibility index (Phi) is 3.01. The summed E-state index contributed by atoms with van der Waals surface area (Å²) in [6, 6.07) is 13.0. The minimum atomic E-state index is -0.882. The topological polar surface area (TPSA) is 50.8 Å². The zero-order valence-electron chi connectivity index (χ0n) is 11.0. The van der Waals surface area contributed by atoms with Crippen molar-refractivity contribution in [3.8, 4) is 12.1 Å². The Labute approximate surface area is 114 Å². The molecule has 96 valence electrons. The van der Waals surface area contributed by atoms with Gasteiger partial charge in [-0.15, -0.1) is 0 Å². The van der Waals surface area contributed by atoms with Crippen LogP contribution in [0, 0.1) is 28.1 Å². The maximum Gasteiger partial charge on any atom is 0.163 e. The fraction of sp³-hybridized carbons (Fsp3) is 0.500. The minimum absolute atomic E-state index is 0.0867. The third-order valence-corrected chi connectivity index (χ3v) is 4.54. The largest absolute Gasteiger partial charge is 0.293 e. The lowest BCUT2D eigenvalue weighted by Gasteiger charge is -2.39. The van der Waals surface area contributed by atoms with Crippen LogP contribution in [0.4, 0.5) is 0 Å². The first-order valence-corrected chi connectivity index (χ1v) is 6.92. The van der Waals surface area contributed by atoms with Gasteiger partial charge in [-0.3, -0.25) is 4.90 Å². The molecule has 2 aliphatic heterocycles. The van der Waals surface area contributed by atoms with E-state index in [1.165, 1.54) is 17.5 Å². The molecule has 0 saturated carbocycles. The van der Waals surface area contributed by atoms with Crippen LogP contribution in [0.25, 0.3) is 0 Å². The molecule has 2 aliphatic rings. The Morgan fingerprint density at radius 1 is 1.11 bits per heavy atom. The predicted molar refractivity (Wildman–Crippen MR) is 71.9 cm³/mol. The lowest BCUT2D eigenvalue weighted by atomic mass is 9.74. The van der Waals surface area contributed by atoms with Crippen LogP contribution in [-0.2, 0) is 13.0 Å². The van der Waals surface area contributed by atoms with Crippen molar-refractivity contribution in [1.29, 1.82) is 10.5 Å². The highest BCUT2D eigenvalue weighted by molar-refractivity contribution is 5.35. The van der Waals surface area contributed by atoms with Crippen molar-refractivity contribution in [2.24, 2.45) is 5.41 Å². The van der Waals surface area contributed by atoms with Crippen LogP contribution in [0.1, 0.15) is 30.4 Å². The highest BCUT2D eigenvalue weighted by atomic mass is 15.2. The van der Waals surface area contributed by atoms with Crippen LogP contribution in [0.3, 0.4) is 0 Å². The summed E-state index contributed by atoms with van der Waals surface area (Å²) in [6.45, 7) is 1.88. The van der Waals surface area contributed by atoms with Crippen LogP contribution < -0.4 is 0 Å². The second kappa shape index (κ2) is 4.68. The maximum atomic E-state index is 9.63. The van der Waals surface area contributed by atoms with Crippen molar-refractivity contribution in [2.75, 3.05) is 6.54 Å². The molecule has 1 saturated heterocycles. The smallest absolute Gasteiger partial charge is 0.163 e. The normalized spacial score (nSPS) is 25.3. The Morgan fingerprint density at radius 2 is 1.84 bits per heavy atom. The van der Waals surface area contributed by atoms with E-state index in [9.17, 15) is 10.5 Å². The van der Waals surface area contributed by atoms with E-state index in [0.717, 1.165) is 25.9 Å². The first kappa shape index (κ1) is 12.2. The van der Waals surface area contributed by atoms with Crippen LogP contribution in [0.2, 0.25) is 0 Å². The molecule has 1 unspecified atom stereocenters. The first-order valence-electron chi connectivity index (χ1n) is 6.92. The Bertz CT molecular complexity index is 550. The van der Waals surface area contributed by atoms with Crippen molar-refractivity contribution in [3.05, 3.63) is 35.4 Å². The van der Waals surface area contributed by atoms with Gasteiger partial charge in [-0.05, 0) is 30.5 Å². The number of nitrogens with zero attached hydrogens (tertiary/aromatic N) is 3. The quantitative estimate of drug-likeness (QED) is 0.712. The summed E-state index contributed by atoms with van der Waals surface area (Å²) in [5.41, 5.74) is 1.56. The van der Waals surface area contributed by atoms with E-state index in [-0.39, 0.29) is 6.04 Å². The molecule has 0 bridgehead atoms. The molecule has 1 aromatic carbocycles. The van der Waals surface area contributed by atoms with E-state index in [2.05, 4.69) is 29.2 Å². The monoisotopic (exact) mass is 251 g/mol. The number of benzene rings is 1. The van der Waals surface area contributed by atoms with Crippen molar-refractivity contribution in [3.63, 3.8) is 0 Å². The summed E-state index contributed by atoms with van der Waals surface area (Å²) in [5, 5.41) is 19.3. The molecule has 0 spiro atoms. The van der Waals surface area contributed by atoms with Crippen molar-refractivity contribution in [1.82, 2.24) is 4.90 Å². The molecule has 0 amide bonds. The average molecular weight is 251 g/mol. The molecular formula is C16H17N3. The Morgan fingerprint density at radius 3 is 2.58 bits per heavy atom. The van der Waals surface area contributed by atoms with E-state index in [4.69, 9.17) is 0 Å². The molecule has 3 nitrogen and oxygen atoms in total. The molecule has 1 atom stereocenters. The number of hydrogen-bond acceptors (Lipinski definition) is 3. The summed E-state index contributed by atoms with van der Waals surface area (Å²) < 4.78 is 0. The van der Waals surface area contributed by atoms with Crippen LogP contribution >= 0.6 is 0 Å². The Balaban J connectivity index is 2.10. The molecule has 1 fully saturated rings. The summed E-state index contributed by atoms with van der Waals surface area (Å²) in [5.74, 6) is 0. The SMILES string of the molecule is N#CC1(C#N)Cc2ccccc2CN2CCCCC21. The average Bonchev–Trinajstić information content (AvgIpc) is 2.61. The highest BCUT2D eigenvalue weighted by Gasteiger charge is 2.46. The number of hydrogen-bond donors (Lipinski definition) is 0. The zero-order valence-corrected chi connectivity index (χ0v) is 11.0. The summed E-state index contributed by atoms with van der Waals surface area (Å²) in [7, 11) is 0. The summed E-state index contributed by atoms with van der Waals surface area (Å²) >= 11 is 0. The molecule has 19 heavy (non-hydrogen) atoms. The fourth-order valence-electron chi connectivity index (χ4n) is 3.51. The fourth-order valence-corrected chi connectivity index (χ4v) is 3.51. The van der Waals surface area contributed by atoms with Gasteiger partial charge in [0.2, 0.25) is 0 Å². The van der Waals surface area contributed by atoms with E-state index >= 15 is 0 Å². The molecule has 1 aromatic rings. The minimum Gasteiger partial charge on any atom is -0.293 e. The number of fused-ring (bicyclic) bond motifs is 2. The number of rotatable bonds is 0. The summed E-state index contributed by atoms with van der Waals surface area (Å²) in [4.78, 5) is 2.35. The lowest BCUT2D eigenvalue weighted by molar-refractivity contribution is 0.0909. The highest BCUT2D eigenvalue weighted by Crippen LogP contribution is 2.39. The molecule has 0 aromatic heterocycles. The standard InChI is InChI=1S/C16H17N3/c17-11-16(12-18)9-13-5-1-2-6-14(13)10-19-8-4-3-7-15(16)19/h1-2,5-6,15H,3-4,7-10H2. The van der Waals surface area contributed by atoms with E-state index in [1.54, 1.807) is 0 Å². The van der Waals surface area contributed by atoms with Crippen molar-refractivity contribution < 1.29 is 0 Å². The van der Waals surface area contributed by atoms with Gasteiger partial charge in [0.05, 0.1) is 12.1 Å². The van der Waals surface area contributed by atoms with Crippen LogP contribution in [-0.4, -0.2) is 17.5 Å². The van der Waals surface area contributed by atoms with Gasteiger partial charge in [0.15, 0.2) is 5.41 Å². The van der Waals surface area contributed by atoms with Gasteiger partial charge in [-0.1, -0.05) is 30.7 Å². The predicted octanol–water partition coefficient (Wildman–Crippen LogP) is 2.63. The molecule has 0 radical (unpaired) electrons. The van der Waals surface area contributed by atoms with Gasteiger partial charge in [0, 0.05) is 19.0 Å². The zero-order chi connectivity index (χ0) is 13.3. The molecule has 3 heteroatoms. The summed E-state index contributed by atoms with van der Waals surface area (Å²) in [6.07, 6.45) is 3.83. The number of nitriles is 2. The molecule has 2 heterocycles.